The number of aromatic nitrogens is 1. The Balaban J connectivity index is 1.86. The summed E-state index contributed by atoms with van der Waals surface area (Å²) in [5, 5.41) is 4.66. The van der Waals surface area contributed by atoms with E-state index in [1.807, 2.05) is 6.20 Å². The van der Waals surface area contributed by atoms with Gasteiger partial charge in [0.1, 0.15) is 0 Å². The summed E-state index contributed by atoms with van der Waals surface area (Å²) < 4.78 is 0. The monoisotopic (exact) mass is 255 g/mol. The highest BCUT2D eigenvalue weighted by Crippen LogP contribution is 2.19. The second kappa shape index (κ2) is 5.68. The van der Waals surface area contributed by atoms with Crippen LogP contribution in [-0.4, -0.2) is 35.6 Å². The molecule has 3 nitrogen and oxygen atoms in total. The topological polar surface area (TPSA) is 28.2 Å². The highest BCUT2D eigenvalue weighted by Gasteiger charge is 2.24. The first-order valence-electron chi connectivity index (χ1n) is 7.16. The summed E-state index contributed by atoms with van der Waals surface area (Å²) >= 11 is 0. The van der Waals surface area contributed by atoms with Gasteiger partial charge in [-0.3, -0.25) is 9.88 Å². The molecule has 1 saturated heterocycles. The van der Waals surface area contributed by atoms with E-state index in [0.29, 0.717) is 6.04 Å². The maximum atomic E-state index is 4.44. The van der Waals surface area contributed by atoms with Crippen molar-refractivity contribution >= 4 is 10.9 Å². The van der Waals surface area contributed by atoms with E-state index in [-0.39, 0.29) is 0 Å². The van der Waals surface area contributed by atoms with Crippen LogP contribution in [0.2, 0.25) is 0 Å². The van der Waals surface area contributed by atoms with E-state index in [2.05, 4.69) is 52.5 Å². The molecular weight excluding hydrogens is 234 g/mol. The van der Waals surface area contributed by atoms with Crippen LogP contribution >= 0.6 is 0 Å². The van der Waals surface area contributed by atoms with Crippen molar-refractivity contribution in [1.29, 1.82) is 0 Å². The Hall–Kier alpha value is -1.45. The quantitative estimate of drug-likeness (QED) is 0.889. The lowest BCUT2D eigenvalue weighted by molar-refractivity contribution is 0.138. The zero-order valence-electron chi connectivity index (χ0n) is 11.5. The molecule has 1 N–H and O–H groups in total. The standard InChI is InChI=1S/C16H21N3/c1-2-9-19(14-10-17-11-14)12-13-7-8-18-16-6-4-3-5-15(13)16/h3-8,14,17H,2,9-12H2,1H3. The smallest absolute Gasteiger partial charge is 0.0705 e. The van der Waals surface area contributed by atoms with Crippen LogP contribution in [0, 0.1) is 0 Å². The molecule has 100 valence electrons. The third-order valence-electron chi connectivity index (χ3n) is 3.90. The molecule has 19 heavy (non-hydrogen) atoms. The minimum absolute atomic E-state index is 0.701. The van der Waals surface area contributed by atoms with Gasteiger partial charge in [0.05, 0.1) is 5.52 Å². The van der Waals surface area contributed by atoms with E-state index in [9.17, 15) is 0 Å². The molecule has 0 radical (unpaired) electrons. The molecule has 2 aromatic rings. The first-order valence-corrected chi connectivity index (χ1v) is 7.16. The van der Waals surface area contributed by atoms with Crippen molar-refractivity contribution in [3.05, 3.63) is 42.1 Å². The van der Waals surface area contributed by atoms with Crippen LogP contribution in [0.4, 0.5) is 0 Å². The molecule has 3 rings (SSSR count). The molecule has 0 atom stereocenters. The zero-order chi connectivity index (χ0) is 13.1. The third kappa shape index (κ3) is 2.62. The van der Waals surface area contributed by atoms with Crippen LogP contribution < -0.4 is 5.32 Å². The maximum Gasteiger partial charge on any atom is 0.0705 e. The normalized spacial score (nSPS) is 15.9. The van der Waals surface area contributed by atoms with E-state index in [1.54, 1.807) is 0 Å². The van der Waals surface area contributed by atoms with Gasteiger partial charge in [-0.15, -0.1) is 0 Å². The summed E-state index contributed by atoms with van der Waals surface area (Å²) in [5.41, 5.74) is 2.49. The van der Waals surface area contributed by atoms with Crippen molar-refractivity contribution < 1.29 is 0 Å². The van der Waals surface area contributed by atoms with Crippen LogP contribution in [0.3, 0.4) is 0 Å². The second-order valence-electron chi connectivity index (χ2n) is 5.27. The minimum atomic E-state index is 0.701. The van der Waals surface area contributed by atoms with Gasteiger partial charge in [-0.05, 0) is 30.7 Å². The van der Waals surface area contributed by atoms with Gasteiger partial charge in [0.2, 0.25) is 0 Å². The van der Waals surface area contributed by atoms with E-state index < -0.39 is 0 Å². The predicted octanol–water partition coefficient (Wildman–Crippen LogP) is 2.42. The van der Waals surface area contributed by atoms with Crippen molar-refractivity contribution in [2.24, 2.45) is 0 Å². The van der Waals surface area contributed by atoms with E-state index in [0.717, 1.165) is 25.2 Å². The Morgan fingerprint density at radius 3 is 2.84 bits per heavy atom. The van der Waals surface area contributed by atoms with Crippen LogP contribution in [-0.2, 0) is 6.54 Å². The molecule has 1 aliphatic rings. The van der Waals surface area contributed by atoms with Crippen molar-refractivity contribution in [2.45, 2.75) is 25.9 Å². The molecule has 1 aromatic heterocycles. The molecule has 0 spiro atoms. The second-order valence-corrected chi connectivity index (χ2v) is 5.27. The molecule has 1 aliphatic heterocycles. The Morgan fingerprint density at radius 1 is 1.26 bits per heavy atom. The highest BCUT2D eigenvalue weighted by molar-refractivity contribution is 5.81. The third-order valence-corrected chi connectivity index (χ3v) is 3.90. The van der Waals surface area contributed by atoms with Gasteiger partial charge in [-0.2, -0.15) is 0 Å². The summed E-state index contributed by atoms with van der Waals surface area (Å²) in [5.74, 6) is 0. The number of pyridine rings is 1. The largest absolute Gasteiger partial charge is 0.314 e. The number of rotatable bonds is 5. The Morgan fingerprint density at radius 2 is 2.11 bits per heavy atom. The van der Waals surface area contributed by atoms with Gasteiger partial charge >= 0.3 is 0 Å². The van der Waals surface area contributed by atoms with Gasteiger partial charge in [-0.25, -0.2) is 0 Å². The highest BCUT2D eigenvalue weighted by atomic mass is 15.2. The van der Waals surface area contributed by atoms with Crippen molar-refractivity contribution in [2.75, 3.05) is 19.6 Å². The lowest BCUT2D eigenvalue weighted by Crippen LogP contribution is -2.56. The minimum Gasteiger partial charge on any atom is -0.314 e. The van der Waals surface area contributed by atoms with Crippen LogP contribution in [0.25, 0.3) is 10.9 Å². The molecule has 0 unspecified atom stereocenters. The number of fused-ring (bicyclic) bond motifs is 1. The van der Waals surface area contributed by atoms with Crippen molar-refractivity contribution in [1.82, 2.24) is 15.2 Å². The summed E-state index contributed by atoms with van der Waals surface area (Å²) in [6.07, 6.45) is 3.14. The Labute approximate surface area is 114 Å². The predicted molar refractivity (Wildman–Crippen MR) is 79.1 cm³/mol. The molecule has 0 bridgehead atoms. The summed E-state index contributed by atoms with van der Waals surface area (Å²) in [6, 6.07) is 11.3. The Kier molecular flexibility index (Phi) is 3.76. The van der Waals surface area contributed by atoms with E-state index in [1.165, 1.54) is 23.9 Å². The molecule has 3 heteroatoms. The van der Waals surface area contributed by atoms with Gasteiger partial charge in [-0.1, -0.05) is 25.1 Å². The fourth-order valence-corrected chi connectivity index (χ4v) is 2.72. The average molecular weight is 255 g/mol. The number of nitrogens with zero attached hydrogens (tertiary/aromatic N) is 2. The number of hydrogen-bond donors (Lipinski definition) is 1. The molecule has 0 aliphatic carbocycles. The average Bonchev–Trinajstić information content (AvgIpc) is 2.37. The fraction of sp³-hybridized carbons (Fsp3) is 0.438. The molecule has 1 aromatic carbocycles. The van der Waals surface area contributed by atoms with Gasteiger partial charge in [0.25, 0.3) is 0 Å². The van der Waals surface area contributed by atoms with E-state index in [4.69, 9.17) is 0 Å². The number of hydrogen-bond acceptors (Lipinski definition) is 3. The number of para-hydroxylation sites is 1. The fourth-order valence-electron chi connectivity index (χ4n) is 2.72. The first-order chi connectivity index (χ1) is 9.38. The first kappa shape index (κ1) is 12.6. The van der Waals surface area contributed by atoms with Gasteiger partial charge in [0, 0.05) is 37.3 Å². The van der Waals surface area contributed by atoms with Crippen LogP contribution in [0.1, 0.15) is 18.9 Å². The SMILES string of the molecule is CCCN(Cc1ccnc2ccccc12)C1CNC1. The van der Waals surface area contributed by atoms with Gasteiger partial charge < -0.3 is 5.32 Å². The Bertz CT molecular complexity index is 543. The van der Waals surface area contributed by atoms with E-state index >= 15 is 0 Å². The molecular formula is C16H21N3. The summed E-state index contributed by atoms with van der Waals surface area (Å²) in [4.78, 5) is 7.04. The molecule has 2 heterocycles. The molecule has 0 saturated carbocycles. The van der Waals surface area contributed by atoms with Crippen LogP contribution in [0.15, 0.2) is 36.5 Å². The van der Waals surface area contributed by atoms with Crippen molar-refractivity contribution in [3.63, 3.8) is 0 Å². The lowest BCUT2D eigenvalue weighted by Gasteiger charge is -2.38. The number of nitrogens with one attached hydrogen (secondary N) is 1. The zero-order valence-corrected chi connectivity index (χ0v) is 11.5. The van der Waals surface area contributed by atoms with Crippen molar-refractivity contribution in [3.8, 4) is 0 Å². The number of benzene rings is 1. The molecule has 1 fully saturated rings. The summed E-state index contributed by atoms with van der Waals surface area (Å²) in [7, 11) is 0. The van der Waals surface area contributed by atoms with Gasteiger partial charge in [0.15, 0.2) is 0 Å². The maximum absolute atomic E-state index is 4.44. The molecule has 0 amide bonds. The summed E-state index contributed by atoms with van der Waals surface area (Å²) in [6.45, 7) is 6.71. The van der Waals surface area contributed by atoms with Crippen LogP contribution in [0.5, 0.6) is 0 Å². The lowest BCUT2D eigenvalue weighted by atomic mass is 10.1.